The van der Waals surface area contributed by atoms with E-state index in [1.165, 1.54) is 16.7 Å². The zero-order chi connectivity index (χ0) is 17.8. The van der Waals surface area contributed by atoms with E-state index < -0.39 is 0 Å². The third-order valence-electron chi connectivity index (χ3n) is 5.24. The van der Waals surface area contributed by atoms with Crippen LogP contribution in [-0.4, -0.2) is 49.4 Å². The lowest BCUT2D eigenvalue weighted by Crippen LogP contribution is -2.37. The van der Waals surface area contributed by atoms with Crippen LogP contribution in [-0.2, 0) is 11.2 Å². The Labute approximate surface area is 155 Å². The molecule has 0 amide bonds. The maximum atomic E-state index is 5.43. The van der Waals surface area contributed by atoms with Gasteiger partial charge in [-0.3, -0.25) is 0 Å². The molecule has 1 fully saturated rings. The summed E-state index contributed by atoms with van der Waals surface area (Å²) in [5, 5.41) is 0. The van der Waals surface area contributed by atoms with Crippen molar-refractivity contribution in [2.45, 2.75) is 19.8 Å². The molecule has 1 aromatic carbocycles. The molecular weight excluding hydrogens is 324 g/mol. The normalized spacial score (nSPS) is 18.0. The summed E-state index contributed by atoms with van der Waals surface area (Å²) in [6, 6.07) is 11.1. The molecule has 0 radical (unpaired) electrons. The number of benzene rings is 1. The lowest BCUT2D eigenvalue weighted by molar-refractivity contribution is 0.122. The largest absolute Gasteiger partial charge is 0.378 e. The molecule has 5 heteroatoms. The predicted octanol–water partition coefficient (Wildman–Crippen LogP) is 3.17. The molecule has 0 atom stereocenters. The van der Waals surface area contributed by atoms with Crippen molar-refractivity contribution in [1.29, 1.82) is 0 Å². The van der Waals surface area contributed by atoms with Crippen molar-refractivity contribution in [2.24, 2.45) is 0 Å². The van der Waals surface area contributed by atoms with E-state index in [0.717, 1.165) is 63.9 Å². The second-order valence-electron chi connectivity index (χ2n) is 6.81. The molecule has 1 saturated heterocycles. The molecule has 1 aromatic heterocycles. The van der Waals surface area contributed by atoms with Gasteiger partial charge in [-0.15, -0.1) is 0 Å². The van der Waals surface area contributed by atoms with E-state index in [0.29, 0.717) is 0 Å². The van der Waals surface area contributed by atoms with Gasteiger partial charge in [0.2, 0.25) is 0 Å². The Morgan fingerprint density at radius 3 is 2.35 bits per heavy atom. The van der Waals surface area contributed by atoms with Gasteiger partial charge >= 0.3 is 0 Å². The minimum absolute atomic E-state index is 0.770. The molecular formula is C21H26N4O. The molecule has 3 heterocycles. The molecule has 0 aliphatic carbocycles. The molecule has 0 saturated carbocycles. The van der Waals surface area contributed by atoms with Crippen LogP contribution in [0.2, 0.25) is 0 Å². The second-order valence-corrected chi connectivity index (χ2v) is 6.81. The molecule has 2 aromatic rings. The smallest absolute Gasteiger partial charge is 0.134 e. The molecule has 26 heavy (non-hydrogen) atoms. The number of nitrogens with zero attached hydrogens (tertiary/aromatic N) is 4. The quantitative estimate of drug-likeness (QED) is 0.847. The highest BCUT2D eigenvalue weighted by atomic mass is 16.5. The molecule has 136 valence electrons. The van der Waals surface area contributed by atoms with Crippen LogP contribution in [0.4, 0.5) is 11.6 Å². The van der Waals surface area contributed by atoms with Crippen molar-refractivity contribution in [1.82, 2.24) is 9.97 Å². The zero-order valence-electron chi connectivity index (χ0n) is 15.4. The van der Waals surface area contributed by atoms with Gasteiger partial charge in [-0.1, -0.05) is 37.3 Å². The maximum Gasteiger partial charge on any atom is 0.134 e. The summed E-state index contributed by atoms with van der Waals surface area (Å²) in [4.78, 5) is 13.6. The Hall–Kier alpha value is -2.40. The van der Waals surface area contributed by atoms with Crippen LogP contribution in [0.1, 0.15) is 24.5 Å². The van der Waals surface area contributed by atoms with Crippen LogP contribution >= 0.6 is 0 Å². The van der Waals surface area contributed by atoms with Gasteiger partial charge in [0, 0.05) is 32.2 Å². The molecule has 5 nitrogen and oxygen atoms in total. The van der Waals surface area contributed by atoms with Crippen LogP contribution < -0.4 is 9.80 Å². The fourth-order valence-corrected chi connectivity index (χ4v) is 3.57. The Bertz CT molecular complexity index is 766. The number of aromatic nitrogens is 2. The lowest BCUT2D eigenvalue weighted by Gasteiger charge is -2.30. The molecule has 4 rings (SSSR count). The number of morpholine rings is 1. The highest BCUT2D eigenvalue weighted by Gasteiger charge is 2.17. The fraction of sp³-hybridized carbons (Fsp3) is 0.429. The van der Waals surface area contributed by atoms with Crippen LogP contribution in [0.3, 0.4) is 0 Å². The second kappa shape index (κ2) is 7.87. The molecule has 0 N–H and O–H groups in total. The number of anilines is 2. The molecule has 0 unspecified atom stereocenters. The highest BCUT2D eigenvalue weighted by molar-refractivity contribution is 5.68. The van der Waals surface area contributed by atoms with Gasteiger partial charge < -0.3 is 14.5 Å². The van der Waals surface area contributed by atoms with E-state index in [2.05, 4.69) is 63.1 Å². The summed E-state index contributed by atoms with van der Waals surface area (Å²) < 4.78 is 5.43. The third kappa shape index (κ3) is 3.73. The van der Waals surface area contributed by atoms with Gasteiger partial charge in [-0.25, -0.2) is 9.97 Å². The predicted molar refractivity (Wildman–Crippen MR) is 106 cm³/mol. The van der Waals surface area contributed by atoms with E-state index >= 15 is 0 Å². The van der Waals surface area contributed by atoms with Gasteiger partial charge in [-0.2, -0.15) is 0 Å². The summed E-state index contributed by atoms with van der Waals surface area (Å²) in [5.74, 6) is 2.02. The Balaban J connectivity index is 1.46. The molecule has 0 spiro atoms. The monoisotopic (exact) mass is 350 g/mol. The lowest BCUT2D eigenvalue weighted by atomic mass is 9.98. The van der Waals surface area contributed by atoms with Crippen LogP contribution in [0.25, 0.3) is 5.57 Å². The fourth-order valence-electron chi connectivity index (χ4n) is 3.57. The minimum Gasteiger partial charge on any atom is -0.378 e. The van der Waals surface area contributed by atoms with Gasteiger partial charge in [0.05, 0.1) is 13.2 Å². The van der Waals surface area contributed by atoms with E-state index in [1.807, 2.05) is 0 Å². The van der Waals surface area contributed by atoms with Crippen molar-refractivity contribution in [2.75, 3.05) is 49.2 Å². The number of ether oxygens (including phenoxy) is 1. The third-order valence-corrected chi connectivity index (χ3v) is 5.24. The van der Waals surface area contributed by atoms with Crippen LogP contribution in [0.15, 0.2) is 42.7 Å². The molecule has 2 aliphatic rings. The zero-order valence-corrected chi connectivity index (χ0v) is 15.4. The molecule has 2 aliphatic heterocycles. The Morgan fingerprint density at radius 2 is 1.69 bits per heavy atom. The van der Waals surface area contributed by atoms with Crippen molar-refractivity contribution >= 4 is 17.2 Å². The highest BCUT2D eigenvalue weighted by Crippen LogP contribution is 2.26. The summed E-state index contributed by atoms with van der Waals surface area (Å²) in [7, 11) is 0. The number of hydrogen-bond donors (Lipinski definition) is 0. The van der Waals surface area contributed by atoms with E-state index in [1.54, 1.807) is 6.33 Å². The number of rotatable bonds is 4. The summed E-state index contributed by atoms with van der Waals surface area (Å²) in [5.41, 5.74) is 4.17. The first-order valence-electron chi connectivity index (χ1n) is 9.51. The van der Waals surface area contributed by atoms with Gasteiger partial charge in [0.1, 0.15) is 18.0 Å². The van der Waals surface area contributed by atoms with Crippen LogP contribution in [0, 0.1) is 0 Å². The average Bonchev–Trinajstić information content (AvgIpc) is 2.75. The topological polar surface area (TPSA) is 41.5 Å². The van der Waals surface area contributed by atoms with Gasteiger partial charge in [-0.05, 0) is 29.5 Å². The SMILES string of the molecule is CCc1ccc(C2=CCN(c3cc(N4CCOCC4)ncn3)CC2)cc1. The average molecular weight is 350 g/mol. The van der Waals surface area contributed by atoms with Crippen molar-refractivity contribution < 1.29 is 4.74 Å². The van der Waals surface area contributed by atoms with E-state index in [-0.39, 0.29) is 0 Å². The summed E-state index contributed by atoms with van der Waals surface area (Å²) in [6.45, 7) is 7.41. The van der Waals surface area contributed by atoms with Crippen molar-refractivity contribution in [3.63, 3.8) is 0 Å². The van der Waals surface area contributed by atoms with E-state index in [4.69, 9.17) is 4.74 Å². The minimum atomic E-state index is 0.770. The Kier molecular flexibility index (Phi) is 5.16. The van der Waals surface area contributed by atoms with Crippen molar-refractivity contribution in [3.05, 3.63) is 53.9 Å². The van der Waals surface area contributed by atoms with Crippen molar-refractivity contribution in [3.8, 4) is 0 Å². The van der Waals surface area contributed by atoms with Gasteiger partial charge in [0.15, 0.2) is 0 Å². The maximum absolute atomic E-state index is 5.43. The first kappa shape index (κ1) is 17.0. The Morgan fingerprint density at radius 1 is 0.962 bits per heavy atom. The van der Waals surface area contributed by atoms with Crippen LogP contribution in [0.5, 0.6) is 0 Å². The summed E-state index contributed by atoms with van der Waals surface area (Å²) in [6.07, 6.45) is 6.15. The summed E-state index contributed by atoms with van der Waals surface area (Å²) >= 11 is 0. The first-order valence-corrected chi connectivity index (χ1v) is 9.51. The van der Waals surface area contributed by atoms with Gasteiger partial charge in [0.25, 0.3) is 0 Å². The number of aryl methyl sites for hydroxylation is 1. The van der Waals surface area contributed by atoms with E-state index in [9.17, 15) is 0 Å². The number of hydrogen-bond acceptors (Lipinski definition) is 5. The standard InChI is InChI=1S/C21H26N4O/c1-2-17-3-5-18(6-4-17)19-7-9-24(10-8-19)20-15-21(23-16-22-20)25-11-13-26-14-12-25/h3-7,15-16H,2,8-14H2,1H3. The first-order chi connectivity index (χ1) is 12.8. The molecule has 0 bridgehead atoms.